The molecule has 0 unspecified atom stereocenters. The highest BCUT2D eigenvalue weighted by atomic mass is 19.4. The maximum absolute atomic E-state index is 13.6. The third-order valence-electron chi connectivity index (χ3n) is 5.34. The van der Waals surface area contributed by atoms with Crippen LogP contribution in [0.4, 0.5) is 23.2 Å². The summed E-state index contributed by atoms with van der Waals surface area (Å²) >= 11 is 0. The van der Waals surface area contributed by atoms with Gasteiger partial charge in [-0.05, 0) is 54.1 Å². The van der Waals surface area contributed by atoms with Gasteiger partial charge in [-0.2, -0.15) is 18.3 Å². The molecule has 5 aromatic rings. The molecule has 0 aliphatic rings. The number of alkyl halides is 3. The van der Waals surface area contributed by atoms with Gasteiger partial charge in [0.15, 0.2) is 5.65 Å². The van der Waals surface area contributed by atoms with E-state index in [0.717, 1.165) is 17.2 Å². The number of amides is 1. The van der Waals surface area contributed by atoms with Gasteiger partial charge in [0.2, 0.25) is 0 Å². The summed E-state index contributed by atoms with van der Waals surface area (Å²) in [6, 6.07) is 14.3. The van der Waals surface area contributed by atoms with Gasteiger partial charge in [-0.3, -0.25) is 9.78 Å². The Hall–Kier alpha value is -4.60. The second-order valence-electron chi connectivity index (χ2n) is 7.59. The minimum Gasteiger partial charge on any atom is -0.322 e. The number of rotatable bonds is 4. The number of aromatic nitrogens is 4. The van der Waals surface area contributed by atoms with Crippen LogP contribution < -0.4 is 5.32 Å². The van der Waals surface area contributed by atoms with Crippen molar-refractivity contribution < 1.29 is 22.4 Å². The second-order valence-corrected chi connectivity index (χ2v) is 7.59. The molecular weight excluding hydrogens is 462 g/mol. The van der Waals surface area contributed by atoms with Gasteiger partial charge in [0, 0.05) is 41.0 Å². The van der Waals surface area contributed by atoms with Crippen LogP contribution in [0, 0.1) is 5.82 Å². The monoisotopic (exact) mass is 477 g/mol. The number of pyridine rings is 1. The minimum absolute atomic E-state index is 0.315. The lowest BCUT2D eigenvalue weighted by molar-refractivity contribution is -0.140. The highest BCUT2D eigenvalue weighted by molar-refractivity contribution is 6.04. The van der Waals surface area contributed by atoms with E-state index in [2.05, 4.69) is 20.4 Å². The summed E-state index contributed by atoms with van der Waals surface area (Å²) in [7, 11) is 0. The number of hydrogen-bond donors (Lipinski definition) is 1. The Labute approximate surface area is 195 Å². The molecule has 2 aromatic carbocycles. The van der Waals surface area contributed by atoms with Crippen LogP contribution >= 0.6 is 0 Å². The first-order valence-electron chi connectivity index (χ1n) is 10.3. The van der Waals surface area contributed by atoms with Gasteiger partial charge in [-0.1, -0.05) is 12.1 Å². The van der Waals surface area contributed by atoms with E-state index in [0.29, 0.717) is 34.7 Å². The van der Waals surface area contributed by atoms with E-state index in [1.54, 1.807) is 59.6 Å². The van der Waals surface area contributed by atoms with Gasteiger partial charge in [0.1, 0.15) is 5.82 Å². The minimum atomic E-state index is -4.91. The van der Waals surface area contributed by atoms with Crippen molar-refractivity contribution >= 4 is 17.2 Å². The van der Waals surface area contributed by atoms with Crippen LogP contribution in [0.25, 0.3) is 28.0 Å². The third-order valence-corrected chi connectivity index (χ3v) is 5.34. The fourth-order valence-corrected chi connectivity index (χ4v) is 3.69. The van der Waals surface area contributed by atoms with Crippen molar-refractivity contribution in [2.24, 2.45) is 0 Å². The van der Waals surface area contributed by atoms with Crippen molar-refractivity contribution in [3.63, 3.8) is 0 Å². The molecule has 1 N–H and O–H groups in total. The zero-order valence-corrected chi connectivity index (χ0v) is 17.8. The standard InChI is InChI=1S/C25H15F4N5O/c26-21-5-4-17(13-20(21)25(27,28)29)24(35)33-18-3-1-2-16(12-18)22-8-11-31-23-19(14-32-34(22)23)15-6-9-30-10-7-15/h1-14H,(H,33,35). The van der Waals surface area contributed by atoms with E-state index in [-0.39, 0.29) is 5.56 Å². The molecule has 0 fully saturated rings. The summed E-state index contributed by atoms with van der Waals surface area (Å²) in [6.45, 7) is 0. The molecule has 35 heavy (non-hydrogen) atoms. The summed E-state index contributed by atoms with van der Waals surface area (Å²) in [5, 5.41) is 7.02. The van der Waals surface area contributed by atoms with E-state index < -0.39 is 23.5 Å². The SMILES string of the molecule is O=C(Nc1cccc(-c2ccnc3c(-c4ccncc4)cnn23)c1)c1ccc(F)c(C(F)(F)F)c1. The van der Waals surface area contributed by atoms with Gasteiger partial charge in [0.25, 0.3) is 5.91 Å². The van der Waals surface area contributed by atoms with Crippen molar-refractivity contribution in [2.45, 2.75) is 6.18 Å². The lowest BCUT2D eigenvalue weighted by Crippen LogP contribution is -2.15. The summed E-state index contributed by atoms with van der Waals surface area (Å²) in [6.07, 6.45) is 1.77. The molecule has 0 aliphatic carbocycles. The number of anilines is 1. The first-order valence-corrected chi connectivity index (χ1v) is 10.3. The number of nitrogens with zero attached hydrogens (tertiary/aromatic N) is 4. The molecule has 0 saturated carbocycles. The normalized spacial score (nSPS) is 11.5. The largest absolute Gasteiger partial charge is 0.419 e. The van der Waals surface area contributed by atoms with Crippen molar-refractivity contribution in [1.29, 1.82) is 0 Å². The Morgan fingerprint density at radius 2 is 1.71 bits per heavy atom. The van der Waals surface area contributed by atoms with Crippen molar-refractivity contribution in [3.8, 4) is 22.4 Å². The molecular formula is C25H15F4N5O. The smallest absolute Gasteiger partial charge is 0.322 e. The average molecular weight is 477 g/mol. The number of halogens is 4. The number of fused-ring (bicyclic) bond motifs is 1. The van der Waals surface area contributed by atoms with E-state index >= 15 is 0 Å². The Balaban J connectivity index is 1.46. The second kappa shape index (κ2) is 8.64. The fraction of sp³-hybridized carbons (Fsp3) is 0.0400. The summed E-state index contributed by atoms with van der Waals surface area (Å²) in [5.74, 6) is -2.24. The highest BCUT2D eigenvalue weighted by Gasteiger charge is 2.34. The molecule has 10 heteroatoms. The van der Waals surface area contributed by atoms with E-state index in [4.69, 9.17) is 0 Å². The Kier molecular flexibility index (Phi) is 5.48. The first-order chi connectivity index (χ1) is 16.8. The number of hydrogen-bond acceptors (Lipinski definition) is 4. The molecule has 0 aliphatic heterocycles. The quantitative estimate of drug-likeness (QED) is 0.329. The van der Waals surface area contributed by atoms with Gasteiger partial charge in [0.05, 0.1) is 17.5 Å². The zero-order valence-electron chi connectivity index (χ0n) is 17.8. The number of carbonyl (C=O) groups is 1. The molecule has 0 bridgehead atoms. The number of carbonyl (C=O) groups excluding carboxylic acids is 1. The van der Waals surface area contributed by atoms with Crippen molar-refractivity contribution in [3.05, 3.63) is 102 Å². The first kappa shape index (κ1) is 22.2. The molecule has 0 radical (unpaired) electrons. The maximum Gasteiger partial charge on any atom is 0.419 e. The molecule has 0 spiro atoms. The highest BCUT2D eigenvalue weighted by Crippen LogP contribution is 2.32. The van der Waals surface area contributed by atoms with Crippen LogP contribution in [-0.4, -0.2) is 25.5 Å². The van der Waals surface area contributed by atoms with Crippen LogP contribution in [0.1, 0.15) is 15.9 Å². The lowest BCUT2D eigenvalue weighted by atomic mass is 10.1. The topological polar surface area (TPSA) is 72.2 Å². The van der Waals surface area contributed by atoms with Crippen molar-refractivity contribution in [2.75, 3.05) is 5.32 Å². The van der Waals surface area contributed by atoms with Gasteiger partial charge >= 0.3 is 6.18 Å². The Bertz CT molecular complexity index is 1550. The predicted octanol–water partition coefficient (Wildman–Crippen LogP) is 5.87. The van der Waals surface area contributed by atoms with E-state index in [1.165, 1.54) is 0 Å². The predicted molar refractivity (Wildman–Crippen MR) is 121 cm³/mol. The van der Waals surface area contributed by atoms with Gasteiger partial charge in [-0.15, -0.1) is 0 Å². The van der Waals surface area contributed by atoms with Crippen LogP contribution in [0.15, 0.2) is 85.5 Å². The van der Waals surface area contributed by atoms with Gasteiger partial charge < -0.3 is 5.32 Å². The van der Waals surface area contributed by atoms with Crippen LogP contribution in [0.3, 0.4) is 0 Å². The summed E-state index contributed by atoms with van der Waals surface area (Å²) < 4.78 is 54.3. The molecule has 6 nitrogen and oxygen atoms in total. The Morgan fingerprint density at radius 1 is 0.914 bits per heavy atom. The Morgan fingerprint density at radius 3 is 2.49 bits per heavy atom. The van der Waals surface area contributed by atoms with Crippen molar-refractivity contribution in [1.82, 2.24) is 19.6 Å². The zero-order chi connectivity index (χ0) is 24.6. The maximum atomic E-state index is 13.6. The third kappa shape index (κ3) is 4.33. The molecule has 0 atom stereocenters. The fourth-order valence-electron chi connectivity index (χ4n) is 3.69. The van der Waals surface area contributed by atoms with Crippen LogP contribution in [0.2, 0.25) is 0 Å². The molecule has 5 rings (SSSR count). The molecule has 174 valence electrons. The van der Waals surface area contributed by atoms with Crippen LogP contribution in [0.5, 0.6) is 0 Å². The van der Waals surface area contributed by atoms with E-state index in [1.807, 2.05) is 12.1 Å². The molecule has 0 saturated heterocycles. The molecule has 3 aromatic heterocycles. The summed E-state index contributed by atoms with van der Waals surface area (Å²) in [4.78, 5) is 21.0. The number of benzene rings is 2. The van der Waals surface area contributed by atoms with Gasteiger partial charge in [-0.25, -0.2) is 13.9 Å². The lowest BCUT2D eigenvalue weighted by Gasteiger charge is -2.11. The summed E-state index contributed by atoms with van der Waals surface area (Å²) in [5.41, 5.74) is 2.24. The van der Waals surface area contributed by atoms with E-state index in [9.17, 15) is 22.4 Å². The average Bonchev–Trinajstić information content (AvgIpc) is 3.28. The molecule has 1 amide bonds. The number of nitrogens with one attached hydrogen (secondary N) is 1. The molecule has 3 heterocycles. The van der Waals surface area contributed by atoms with Crippen LogP contribution in [-0.2, 0) is 6.18 Å².